The Morgan fingerprint density at radius 1 is 0.839 bits per heavy atom. The van der Waals surface area contributed by atoms with E-state index >= 15 is 0 Å². The maximum absolute atomic E-state index is 13.6. The summed E-state index contributed by atoms with van der Waals surface area (Å²) in [7, 11) is 1.60. The number of nitrogens with one attached hydrogen (secondary N) is 1. The van der Waals surface area contributed by atoms with Crippen LogP contribution in [0.15, 0.2) is 85.6 Å². The molecule has 0 atom stereocenters. The van der Waals surface area contributed by atoms with E-state index in [1.165, 1.54) is 17.3 Å². The van der Waals surface area contributed by atoms with Crippen LogP contribution in [0.3, 0.4) is 0 Å². The summed E-state index contributed by atoms with van der Waals surface area (Å²) in [5.41, 5.74) is 2.34. The zero-order valence-electron chi connectivity index (χ0n) is 16.5. The molecule has 4 rings (SSSR count). The highest BCUT2D eigenvalue weighted by molar-refractivity contribution is 5.72. The third-order valence-electron chi connectivity index (χ3n) is 4.74. The van der Waals surface area contributed by atoms with Gasteiger partial charge in [0.15, 0.2) is 0 Å². The van der Waals surface area contributed by atoms with E-state index < -0.39 is 11.7 Å². The first kappa shape index (κ1) is 20.3. The van der Waals surface area contributed by atoms with Crippen LogP contribution in [0.1, 0.15) is 5.56 Å². The highest BCUT2D eigenvalue weighted by Gasteiger charge is 2.35. The molecule has 0 aliphatic heterocycles. The molecule has 0 saturated heterocycles. The van der Waals surface area contributed by atoms with Gasteiger partial charge in [-0.05, 0) is 29.8 Å². The summed E-state index contributed by atoms with van der Waals surface area (Å²) < 4.78 is 40.8. The maximum atomic E-state index is 13.6. The molecule has 0 fully saturated rings. The average molecular weight is 421 g/mol. The molecule has 1 N–H and O–H groups in total. The first-order valence-corrected chi connectivity index (χ1v) is 9.40. The number of alkyl halides is 3. The van der Waals surface area contributed by atoms with Crippen molar-refractivity contribution in [3.05, 3.63) is 91.1 Å². The number of aromatic nitrogens is 3. The molecule has 0 radical (unpaired) electrons. The Labute approximate surface area is 177 Å². The van der Waals surface area contributed by atoms with Crippen molar-refractivity contribution in [3.8, 4) is 11.1 Å². The van der Waals surface area contributed by atoms with Gasteiger partial charge in [-0.15, -0.1) is 0 Å². The highest BCUT2D eigenvalue weighted by Crippen LogP contribution is 2.39. The Morgan fingerprint density at radius 2 is 1.52 bits per heavy atom. The van der Waals surface area contributed by atoms with Gasteiger partial charge in [0.25, 0.3) is 0 Å². The van der Waals surface area contributed by atoms with E-state index in [1.807, 2.05) is 30.3 Å². The molecule has 31 heavy (non-hydrogen) atoms. The van der Waals surface area contributed by atoms with Crippen molar-refractivity contribution < 1.29 is 13.2 Å². The van der Waals surface area contributed by atoms with Gasteiger partial charge in [-0.1, -0.05) is 30.3 Å². The number of anilines is 4. The second-order valence-corrected chi connectivity index (χ2v) is 6.81. The lowest BCUT2D eigenvalue weighted by molar-refractivity contribution is -0.137. The minimum Gasteiger partial charge on any atom is -0.344 e. The lowest BCUT2D eigenvalue weighted by Gasteiger charge is -2.24. The number of hydrogen-bond acceptors (Lipinski definition) is 5. The Morgan fingerprint density at radius 3 is 2.16 bits per heavy atom. The summed E-state index contributed by atoms with van der Waals surface area (Å²) in [5, 5.41) is 3.07. The molecule has 0 spiro atoms. The third-order valence-corrected chi connectivity index (χ3v) is 4.74. The van der Waals surface area contributed by atoms with Crippen molar-refractivity contribution in [1.82, 2.24) is 15.0 Å². The van der Waals surface area contributed by atoms with Crippen LogP contribution in [0, 0.1) is 0 Å². The fourth-order valence-corrected chi connectivity index (χ4v) is 3.14. The Bertz CT molecular complexity index is 1150. The van der Waals surface area contributed by atoms with Gasteiger partial charge in [0.2, 0.25) is 0 Å². The molecule has 0 amide bonds. The molecule has 2 aromatic carbocycles. The van der Waals surface area contributed by atoms with Gasteiger partial charge in [0.05, 0.1) is 11.3 Å². The molecule has 0 bridgehead atoms. The first-order valence-electron chi connectivity index (χ1n) is 9.40. The summed E-state index contributed by atoms with van der Waals surface area (Å²) in [4.78, 5) is 13.5. The molecule has 4 aromatic rings. The van der Waals surface area contributed by atoms with Crippen LogP contribution in [0.2, 0.25) is 0 Å². The Hall–Kier alpha value is -3.94. The molecule has 2 aromatic heterocycles. The van der Waals surface area contributed by atoms with Crippen molar-refractivity contribution in [1.29, 1.82) is 0 Å². The highest BCUT2D eigenvalue weighted by atomic mass is 19.4. The van der Waals surface area contributed by atoms with E-state index in [0.717, 1.165) is 17.3 Å². The summed E-state index contributed by atoms with van der Waals surface area (Å²) in [5.74, 6) is 0.307. The number of hydrogen-bond donors (Lipinski definition) is 1. The molecule has 0 aliphatic rings. The molecule has 0 saturated carbocycles. The summed E-state index contributed by atoms with van der Waals surface area (Å²) in [6.07, 6.45) is 1.20. The summed E-state index contributed by atoms with van der Waals surface area (Å²) in [6.45, 7) is 0. The molecule has 0 aliphatic carbocycles. The van der Waals surface area contributed by atoms with Crippen molar-refractivity contribution in [2.24, 2.45) is 0 Å². The van der Waals surface area contributed by atoms with Gasteiger partial charge in [-0.2, -0.15) is 13.2 Å². The second-order valence-electron chi connectivity index (χ2n) is 6.81. The fourth-order valence-electron chi connectivity index (χ4n) is 3.14. The number of nitrogens with zero attached hydrogens (tertiary/aromatic N) is 4. The van der Waals surface area contributed by atoms with Crippen LogP contribution in [-0.4, -0.2) is 22.0 Å². The number of halogens is 3. The van der Waals surface area contributed by atoms with Crippen molar-refractivity contribution >= 4 is 22.9 Å². The van der Waals surface area contributed by atoms with E-state index in [-0.39, 0.29) is 5.69 Å². The third kappa shape index (κ3) is 4.63. The van der Waals surface area contributed by atoms with Crippen LogP contribution in [0.25, 0.3) is 11.1 Å². The van der Waals surface area contributed by atoms with E-state index in [4.69, 9.17) is 0 Å². The van der Waals surface area contributed by atoms with Gasteiger partial charge in [-0.25, -0.2) is 15.0 Å². The fraction of sp³-hybridized carbons (Fsp3) is 0.0870. The van der Waals surface area contributed by atoms with E-state index in [1.54, 1.807) is 43.7 Å². The SMILES string of the molecule is CN(c1ccccc1)c1cc(Nc2ccc(-c3cncnc3)cc2)ncc1C(F)(F)F. The zero-order valence-corrected chi connectivity index (χ0v) is 16.5. The number of pyridine rings is 1. The van der Waals surface area contributed by atoms with Gasteiger partial charge in [-0.3, -0.25) is 0 Å². The van der Waals surface area contributed by atoms with Crippen molar-refractivity contribution in [2.75, 3.05) is 17.3 Å². The normalized spacial score (nSPS) is 11.2. The van der Waals surface area contributed by atoms with Crippen molar-refractivity contribution in [2.45, 2.75) is 6.18 Å². The predicted octanol–water partition coefficient (Wildman–Crippen LogP) is 6.07. The molecular formula is C23H18F3N5. The monoisotopic (exact) mass is 421 g/mol. The quantitative estimate of drug-likeness (QED) is 0.424. The van der Waals surface area contributed by atoms with E-state index in [2.05, 4.69) is 20.3 Å². The minimum atomic E-state index is -4.52. The van der Waals surface area contributed by atoms with Crippen LogP contribution in [-0.2, 0) is 6.18 Å². The second kappa shape index (κ2) is 8.43. The molecular weight excluding hydrogens is 403 g/mol. The van der Waals surface area contributed by atoms with Crippen LogP contribution in [0.5, 0.6) is 0 Å². The van der Waals surface area contributed by atoms with E-state index in [9.17, 15) is 13.2 Å². The summed E-state index contributed by atoms with van der Waals surface area (Å²) >= 11 is 0. The smallest absolute Gasteiger partial charge is 0.344 e. The van der Waals surface area contributed by atoms with E-state index in [0.29, 0.717) is 17.2 Å². The molecule has 8 heteroatoms. The summed E-state index contributed by atoms with van der Waals surface area (Å²) in [6, 6.07) is 17.7. The average Bonchev–Trinajstić information content (AvgIpc) is 2.79. The zero-order chi connectivity index (χ0) is 21.8. The molecule has 156 valence electrons. The number of rotatable bonds is 5. The Kier molecular flexibility index (Phi) is 5.53. The van der Waals surface area contributed by atoms with Gasteiger partial charge >= 0.3 is 6.18 Å². The van der Waals surface area contributed by atoms with Gasteiger partial charge in [0, 0.05) is 48.6 Å². The Balaban J connectivity index is 1.63. The maximum Gasteiger partial charge on any atom is 0.419 e. The minimum absolute atomic E-state index is 0.00857. The topological polar surface area (TPSA) is 53.9 Å². The largest absolute Gasteiger partial charge is 0.419 e. The molecule has 5 nitrogen and oxygen atoms in total. The van der Waals surface area contributed by atoms with Gasteiger partial charge in [0.1, 0.15) is 12.1 Å². The number of benzene rings is 2. The lowest BCUT2D eigenvalue weighted by atomic mass is 10.1. The standard InChI is InChI=1S/C23H18F3N5/c1-31(19-5-3-2-4-6-19)21-11-22(29-14-20(21)23(24,25)26)30-18-9-7-16(8-10-18)17-12-27-15-28-13-17/h2-15H,1H3,(H,29,30). The van der Waals surface area contributed by atoms with Crippen molar-refractivity contribution in [3.63, 3.8) is 0 Å². The van der Waals surface area contributed by atoms with Crippen LogP contribution >= 0.6 is 0 Å². The number of para-hydroxylation sites is 1. The van der Waals surface area contributed by atoms with Crippen LogP contribution in [0.4, 0.5) is 36.1 Å². The van der Waals surface area contributed by atoms with Gasteiger partial charge < -0.3 is 10.2 Å². The lowest BCUT2D eigenvalue weighted by Crippen LogP contribution is -2.17. The molecule has 0 unspecified atom stereocenters. The first-order chi connectivity index (χ1) is 14.9. The molecule has 2 heterocycles. The predicted molar refractivity (Wildman–Crippen MR) is 114 cm³/mol. The van der Waals surface area contributed by atoms with Crippen LogP contribution < -0.4 is 10.2 Å².